The minimum absolute atomic E-state index is 0.0129. The van der Waals surface area contributed by atoms with Crippen LogP contribution in [0.1, 0.15) is 42.1 Å². The Morgan fingerprint density at radius 3 is 2.24 bits per heavy atom. The molecule has 1 atom stereocenters. The molecule has 1 aliphatic rings. The van der Waals surface area contributed by atoms with E-state index >= 15 is 0 Å². The molecule has 0 spiro atoms. The lowest BCUT2D eigenvalue weighted by molar-refractivity contribution is -0.136. The van der Waals surface area contributed by atoms with Gasteiger partial charge in [0, 0.05) is 11.3 Å². The van der Waals surface area contributed by atoms with Gasteiger partial charge in [-0.2, -0.15) is 0 Å². The van der Waals surface area contributed by atoms with Gasteiger partial charge in [0.25, 0.3) is 11.7 Å². The smallest absolute Gasteiger partial charge is 0.307 e. The van der Waals surface area contributed by atoms with Crippen LogP contribution in [0.3, 0.4) is 0 Å². The van der Waals surface area contributed by atoms with Crippen molar-refractivity contribution in [3.8, 4) is 5.75 Å². The monoisotopic (exact) mass is 499 g/mol. The molecular weight excluding hydrogens is 470 g/mol. The van der Waals surface area contributed by atoms with Gasteiger partial charge >= 0.3 is 5.97 Å². The van der Waals surface area contributed by atoms with Gasteiger partial charge in [-0.05, 0) is 59.9 Å². The second-order valence-corrected chi connectivity index (χ2v) is 9.50. The number of carbonyl (C=O) groups is 3. The van der Waals surface area contributed by atoms with Crippen molar-refractivity contribution in [3.63, 3.8) is 0 Å². The van der Waals surface area contributed by atoms with Gasteiger partial charge in [-0.1, -0.05) is 56.3 Å². The van der Waals surface area contributed by atoms with E-state index in [0.29, 0.717) is 40.7 Å². The van der Waals surface area contributed by atoms with E-state index in [4.69, 9.17) is 9.84 Å². The number of ether oxygens (including phenoxy) is 1. The molecule has 1 aliphatic heterocycles. The van der Waals surface area contributed by atoms with Gasteiger partial charge in [0.15, 0.2) is 0 Å². The highest BCUT2D eigenvalue weighted by Gasteiger charge is 2.46. The number of benzene rings is 3. The average molecular weight is 500 g/mol. The van der Waals surface area contributed by atoms with Gasteiger partial charge in [-0.25, -0.2) is 0 Å². The van der Waals surface area contributed by atoms with E-state index in [-0.39, 0.29) is 17.8 Å². The molecule has 7 nitrogen and oxygen atoms in total. The lowest BCUT2D eigenvalue weighted by Gasteiger charge is -2.25. The summed E-state index contributed by atoms with van der Waals surface area (Å²) in [4.78, 5) is 39.0. The molecule has 0 bridgehead atoms. The van der Waals surface area contributed by atoms with E-state index in [1.807, 2.05) is 13.0 Å². The molecule has 0 radical (unpaired) electrons. The molecule has 0 saturated carbocycles. The van der Waals surface area contributed by atoms with Crippen molar-refractivity contribution in [3.05, 3.63) is 101 Å². The topological polar surface area (TPSA) is 104 Å². The zero-order valence-corrected chi connectivity index (χ0v) is 21.0. The number of hydrogen-bond acceptors (Lipinski definition) is 5. The Balaban J connectivity index is 1.79. The van der Waals surface area contributed by atoms with Crippen LogP contribution in [-0.2, 0) is 20.8 Å². The number of anilines is 1. The summed E-state index contributed by atoms with van der Waals surface area (Å²) < 4.78 is 5.83. The first-order valence-electron chi connectivity index (χ1n) is 12.1. The summed E-state index contributed by atoms with van der Waals surface area (Å²) in [7, 11) is 0. The van der Waals surface area contributed by atoms with Crippen molar-refractivity contribution in [2.24, 2.45) is 5.92 Å². The summed E-state index contributed by atoms with van der Waals surface area (Å²) in [5.41, 5.74) is 2.85. The van der Waals surface area contributed by atoms with E-state index in [0.717, 1.165) is 5.56 Å². The van der Waals surface area contributed by atoms with E-state index in [1.165, 1.54) is 4.90 Å². The summed E-state index contributed by atoms with van der Waals surface area (Å²) in [6.45, 7) is 6.52. The van der Waals surface area contributed by atoms with Crippen molar-refractivity contribution in [2.45, 2.75) is 33.2 Å². The number of amides is 1. The Bertz CT molecular complexity index is 1360. The van der Waals surface area contributed by atoms with Crippen LogP contribution >= 0.6 is 0 Å². The number of aliphatic hydroxyl groups excluding tert-OH is 1. The van der Waals surface area contributed by atoms with Crippen LogP contribution in [0.15, 0.2) is 78.4 Å². The lowest BCUT2D eigenvalue weighted by Crippen LogP contribution is -2.29. The van der Waals surface area contributed by atoms with Gasteiger partial charge in [0.1, 0.15) is 11.5 Å². The molecule has 37 heavy (non-hydrogen) atoms. The van der Waals surface area contributed by atoms with Crippen LogP contribution in [0.2, 0.25) is 0 Å². The molecule has 1 amide bonds. The van der Waals surface area contributed by atoms with Crippen LogP contribution < -0.4 is 9.64 Å². The normalized spacial score (nSPS) is 16.9. The van der Waals surface area contributed by atoms with E-state index in [2.05, 4.69) is 13.8 Å². The summed E-state index contributed by atoms with van der Waals surface area (Å²) in [5.74, 6) is -1.75. The number of aliphatic hydroxyl groups is 1. The third-order valence-electron chi connectivity index (χ3n) is 6.15. The zero-order chi connectivity index (χ0) is 26.7. The Kier molecular flexibility index (Phi) is 7.43. The van der Waals surface area contributed by atoms with Crippen molar-refractivity contribution < 1.29 is 29.3 Å². The van der Waals surface area contributed by atoms with Crippen LogP contribution in [0.25, 0.3) is 5.76 Å². The molecule has 0 aliphatic carbocycles. The third-order valence-corrected chi connectivity index (χ3v) is 6.15. The molecule has 3 aromatic rings. The minimum atomic E-state index is -0.964. The van der Waals surface area contributed by atoms with Crippen molar-refractivity contribution in [1.29, 1.82) is 0 Å². The maximum atomic E-state index is 13.3. The van der Waals surface area contributed by atoms with E-state index < -0.39 is 23.7 Å². The third kappa shape index (κ3) is 5.40. The number of carboxylic acid groups (broad SMARTS) is 1. The van der Waals surface area contributed by atoms with Gasteiger partial charge in [-0.3, -0.25) is 19.3 Å². The molecule has 1 heterocycles. The summed E-state index contributed by atoms with van der Waals surface area (Å²) in [5, 5.41) is 20.4. The highest BCUT2D eigenvalue weighted by atomic mass is 16.5. The Morgan fingerprint density at radius 1 is 0.973 bits per heavy atom. The van der Waals surface area contributed by atoms with Gasteiger partial charge in [-0.15, -0.1) is 0 Å². The van der Waals surface area contributed by atoms with Crippen molar-refractivity contribution in [2.75, 3.05) is 11.5 Å². The number of hydrogen-bond donors (Lipinski definition) is 2. The Morgan fingerprint density at radius 2 is 1.65 bits per heavy atom. The van der Waals surface area contributed by atoms with Crippen LogP contribution in [-0.4, -0.2) is 34.5 Å². The summed E-state index contributed by atoms with van der Waals surface area (Å²) in [6, 6.07) is 19.8. The zero-order valence-electron chi connectivity index (χ0n) is 21.0. The second-order valence-electron chi connectivity index (χ2n) is 9.50. The van der Waals surface area contributed by atoms with Gasteiger partial charge in [0.05, 0.1) is 24.6 Å². The Hall–Kier alpha value is -4.39. The first kappa shape index (κ1) is 25.7. The fourth-order valence-corrected chi connectivity index (χ4v) is 4.37. The fourth-order valence-electron chi connectivity index (χ4n) is 4.37. The highest BCUT2D eigenvalue weighted by molar-refractivity contribution is 6.51. The molecular formula is C30H29NO6. The Labute approximate surface area is 215 Å². The number of carboxylic acids is 1. The minimum Gasteiger partial charge on any atom is -0.507 e. The first-order valence-corrected chi connectivity index (χ1v) is 12.1. The van der Waals surface area contributed by atoms with Crippen LogP contribution in [0, 0.1) is 12.8 Å². The summed E-state index contributed by atoms with van der Waals surface area (Å²) >= 11 is 0. The summed E-state index contributed by atoms with van der Waals surface area (Å²) in [6.07, 6.45) is -0.155. The van der Waals surface area contributed by atoms with E-state index in [9.17, 15) is 19.5 Å². The number of nitrogens with zero attached hydrogens (tertiary/aromatic N) is 1. The maximum Gasteiger partial charge on any atom is 0.307 e. The predicted molar refractivity (Wildman–Crippen MR) is 141 cm³/mol. The largest absolute Gasteiger partial charge is 0.507 e. The SMILES string of the molecule is Cc1cc(/C(O)=C2/C(=O)C(=O)N(c3ccc(CC(=O)O)cc3)C2c2ccccc2)ccc1OCC(C)C. The fraction of sp³-hybridized carbons (Fsp3) is 0.233. The highest BCUT2D eigenvalue weighted by Crippen LogP contribution is 2.42. The molecule has 4 rings (SSSR count). The molecule has 7 heteroatoms. The van der Waals surface area contributed by atoms with Crippen molar-refractivity contribution >= 4 is 29.1 Å². The first-order chi connectivity index (χ1) is 17.7. The maximum absolute atomic E-state index is 13.3. The molecule has 0 aromatic heterocycles. The molecule has 2 N–H and O–H groups in total. The standard InChI is InChI=1S/C30H29NO6/c1-18(2)17-37-24-14-11-22(15-19(24)3)28(34)26-27(21-7-5-4-6-8-21)31(30(36)29(26)35)23-12-9-20(10-13-23)16-25(32)33/h4-15,18,27,34H,16-17H2,1-3H3,(H,32,33)/b28-26-. The van der Waals surface area contributed by atoms with Gasteiger partial charge < -0.3 is 14.9 Å². The molecule has 1 fully saturated rings. The molecule has 1 unspecified atom stereocenters. The number of Topliss-reactive ketones (excluding diaryl/α,β-unsaturated/α-hetero) is 1. The quantitative estimate of drug-likeness (QED) is 0.248. The number of aryl methyl sites for hydroxylation is 1. The predicted octanol–water partition coefficient (Wildman–Crippen LogP) is 5.28. The van der Waals surface area contributed by atoms with E-state index in [1.54, 1.807) is 66.7 Å². The number of aliphatic carboxylic acids is 1. The number of carbonyl (C=O) groups excluding carboxylic acids is 2. The second kappa shape index (κ2) is 10.7. The molecule has 190 valence electrons. The van der Waals surface area contributed by atoms with Crippen molar-refractivity contribution in [1.82, 2.24) is 0 Å². The average Bonchev–Trinajstić information content (AvgIpc) is 3.13. The number of rotatable bonds is 8. The van der Waals surface area contributed by atoms with Gasteiger partial charge in [0.2, 0.25) is 0 Å². The number of ketones is 1. The van der Waals surface area contributed by atoms with Crippen LogP contribution in [0.4, 0.5) is 5.69 Å². The van der Waals surface area contributed by atoms with Crippen LogP contribution in [0.5, 0.6) is 5.75 Å². The molecule has 1 saturated heterocycles. The lowest BCUT2D eigenvalue weighted by atomic mass is 9.94. The molecule has 3 aromatic carbocycles.